The summed E-state index contributed by atoms with van der Waals surface area (Å²) in [6.07, 6.45) is 1.00. The van der Waals surface area contributed by atoms with Gasteiger partial charge in [-0.25, -0.2) is 9.38 Å². The summed E-state index contributed by atoms with van der Waals surface area (Å²) in [5.74, 6) is 0.317. The Morgan fingerprint density at radius 2 is 2.12 bits per heavy atom. The predicted molar refractivity (Wildman–Crippen MR) is 111 cm³/mol. The first-order chi connectivity index (χ1) is 12.2. The van der Waals surface area contributed by atoms with E-state index in [9.17, 15) is 4.39 Å². The predicted octanol–water partition coefficient (Wildman–Crippen LogP) is 2.09. The summed E-state index contributed by atoms with van der Waals surface area (Å²) in [6, 6.07) is 6.34. The average Bonchev–Trinajstić information content (AvgIpc) is 2.65. The van der Waals surface area contributed by atoms with Gasteiger partial charge in [0, 0.05) is 31.7 Å². The molecule has 1 aliphatic rings. The van der Waals surface area contributed by atoms with Crippen molar-refractivity contribution >= 4 is 29.9 Å². The maximum Gasteiger partial charge on any atom is 0.191 e. The van der Waals surface area contributed by atoms with Gasteiger partial charge in [-0.15, -0.1) is 24.0 Å². The molecule has 2 rings (SSSR count). The summed E-state index contributed by atoms with van der Waals surface area (Å²) in [4.78, 5) is 6.80. The first-order valence-corrected chi connectivity index (χ1v) is 8.73. The average molecular weight is 475 g/mol. The number of rotatable bonds is 7. The van der Waals surface area contributed by atoms with E-state index in [1.807, 2.05) is 13.0 Å². The Morgan fingerprint density at radius 1 is 1.35 bits per heavy atom. The molecular weight excluding hydrogens is 448 g/mol. The van der Waals surface area contributed by atoms with Crippen LogP contribution in [0.2, 0.25) is 0 Å². The second-order valence-electron chi connectivity index (χ2n) is 5.85. The van der Waals surface area contributed by atoms with Crippen molar-refractivity contribution in [2.24, 2.45) is 4.99 Å². The van der Waals surface area contributed by atoms with Crippen LogP contribution >= 0.6 is 24.0 Å². The fourth-order valence-electron chi connectivity index (χ4n) is 2.61. The van der Waals surface area contributed by atoms with E-state index in [4.69, 9.17) is 10.00 Å². The molecule has 0 radical (unpaired) electrons. The van der Waals surface area contributed by atoms with E-state index in [1.54, 1.807) is 6.07 Å². The zero-order chi connectivity index (χ0) is 17.9. The summed E-state index contributed by atoms with van der Waals surface area (Å²) in [5.41, 5.74) is 0.861. The van der Waals surface area contributed by atoms with Gasteiger partial charge in [0.15, 0.2) is 5.96 Å². The topological polar surface area (TPSA) is 72.7 Å². The molecule has 0 aliphatic carbocycles. The van der Waals surface area contributed by atoms with Gasteiger partial charge in [0.2, 0.25) is 0 Å². The summed E-state index contributed by atoms with van der Waals surface area (Å²) >= 11 is 0. The van der Waals surface area contributed by atoms with Crippen LogP contribution in [0.25, 0.3) is 0 Å². The van der Waals surface area contributed by atoms with Crippen molar-refractivity contribution in [1.29, 1.82) is 5.26 Å². The van der Waals surface area contributed by atoms with E-state index in [0.29, 0.717) is 17.1 Å². The highest BCUT2D eigenvalue weighted by atomic mass is 127. The number of aliphatic imine (C=N–C) groups is 1. The molecule has 26 heavy (non-hydrogen) atoms. The van der Waals surface area contributed by atoms with E-state index in [-0.39, 0.29) is 36.3 Å². The Labute approximate surface area is 171 Å². The summed E-state index contributed by atoms with van der Waals surface area (Å²) in [5, 5.41) is 15.3. The number of nitrogens with one attached hydrogen (secondary N) is 2. The number of benzene rings is 1. The maximum absolute atomic E-state index is 13.8. The van der Waals surface area contributed by atoms with Crippen LogP contribution in [0.15, 0.2) is 23.2 Å². The number of ether oxygens (including phenoxy) is 1. The van der Waals surface area contributed by atoms with Gasteiger partial charge >= 0.3 is 0 Å². The molecular formula is C18H27FIN5O. The highest BCUT2D eigenvalue weighted by Gasteiger charge is 2.09. The first kappa shape index (κ1) is 22.6. The van der Waals surface area contributed by atoms with Gasteiger partial charge < -0.3 is 15.4 Å². The lowest BCUT2D eigenvalue weighted by molar-refractivity contribution is 0.0376. The molecule has 1 fully saturated rings. The van der Waals surface area contributed by atoms with E-state index >= 15 is 0 Å². The van der Waals surface area contributed by atoms with Crippen molar-refractivity contribution < 1.29 is 9.13 Å². The Morgan fingerprint density at radius 3 is 2.81 bits per heavy atom. The largest absolute Gasteiger partial charge is 0.379 e. The van der Waals surface area contributed by atoms with E-state index in [0.717, 1.165) is 52.4 Å². The Balaban J connectivity index is 0.00000338. The van der Waals surface area contributed by atoms with Crippen LogP contribution in [0.3, 0.4) is 0 Å². The fourth-order valence-corrected chi connectivity index (χ4v) is 2.61. The Kier molecular flexibility index (Phi) is 11.2. The van der Waals surface area contributed by atoms with Crippen molar-refractivity contribution in [2.75, 3.05) is 45.9 Å². The van der Waals surface area contributed by atoms with Crippen molar-refractivity contribution in [2.45, 2.75) is 19.9 Å². The molecule has 1 saturated heterocycles. The van der Waals surface area contributed by atoms with E-state index < -0.39 is 0 Å². The second kappa shape index (κ2) is 12.8. The molecule has 2 N–H and O–H groups in total. The van der Waals surface area contributed by atoms with Crippen LogP contribution in [-0.4, -0.2) is 56.8 Å². The zero-order valence-corrected chi connectivity index (χ0v) is 17.5. The highest BCUT2D eigenvalue weighted by Crippen LogP contribution is 2.11. The molecule has 0 spiro atoms. The van der Waals surface area contributed by atoms with Crippen LogP contribution < -0.4 is 10.6 Å². The number of nitriles is 1. The molecule has 1 aliphatic heterocycles. The first-order valence-electron chi connectivity index (χ1n) is 8.73. The third-order valence-corrected chi connectivity index (χ3v) is 3.97. The van der Waals surface area contributed by atoms with Crippen LogP contribution in [-0.2, 0) is 11.3 Å². The van der Waals surface area contributed by atoms with Crippen LogP contribution in [0.1, 0.15) is 24.5 Å². The van der Waals surface area contributed by atoms with E-state index in [2.05, 4.69) is 20.5 Å². The summed E-state index contributed by atoms with van der Waals surface area (Å²) < 4.78 is 19.2. The van der Waals surface area contributed by atoms with Gasteiger partial charge in [0.05, 0.1) is 31.4 Å². The third kappa shape index (κ3) is 7.85. The number of hydrogen-bond donors (Lipinski definition) is 2. The number of nitrogens with zero attached hydrogens (tertiary/aromatic N) is 3. The molecule has 1 heterocycles. The molecule has 0 atom stereocenters. The second-order valence-corrected chi connectivity index (χ2v) is 5.85. The molecule has 0 amide bonds. The maximum atomic E-state index is 13.8. The molecule has 8 heteroatoms. The third-order valence-electron chi connectivity index (χ3n) is 3.97. The summed E-state index contributed by atoms with van der Waals surface area (Å²) in [6.45, 7) is 8.33. The molecule has 1 aromatic rings. The van der Waals surface area contributed by atoms with Crippen molar-refractivity contribution in [3.63, 3.8) is 0 Å². The molecule has 144 valence electrons. The standard InChI is InChI=1S/C18H26FN5O.HI/c1-2-21-18(22-6-3-7-24-8-10-25-11-9-24)23-14-16-12-15(13-20)4-5-17(16)19;/h4-5,12H,2-3,6-11,14H2,1H3,(H2,21,22,23);1H. The van der Waals surface area contributed by atoms with Gasteiger partial charge in [-0.05, 0) is 38.1 Å². The molecule has 0 bridgehead atoms. The van der Waals surface area contributed by atoms with Gasteiger partial charge in [0.1, 0.15) is 5.82 Å². The van der Waals surface area contributed by atoms with E-state index in [1.165, 1.54) is 12.1 Å². The lowest BCUT2D eigenvalue weighted by atomic mass is 10.1. The minimum Gasteiger partial charge on any atom is -0.379 e. The molecule has 0 unspecified atom stereocenters. The van der Waals surface area contributed by atoms with Gasteiger partial charge in [-0.2, -0.15) is 5.26 Å². The SMILES string of the molecule is CCNC(=NCc1cc(C#N)ccc1F)NCCCN1CCOCC1.I. The van der Waals surface area contributed by atoms with Crippen LogP contribution in [0.4, 0.5) is 4.39 Å². The molecule has 0 saturated carbocycles. The monoisotopic (exact) mass is 475 g/mol. The van der Waals surface area contributed by atoms with Crippen molar-refractivity contribution in [3.8, 4) is 6.07 Å². The quantitative estimate of drug-likeness (QED) is 0.274. The lowest BCUT2D eigenvalue weighted by Gasteiger charge is -2.26. The van der Waals surface area contributed by atoms with Gasteiger partial charge in [-0.3, -0.25) is 4.90 Å². The molecule has 6 nitrogen and oxygen atoms in total. The number of guanidine groups is 1. The summed E-state index contributed by atoms with van der Waals surface area (Å²) in [7, 11) is 0. The lowest BCUT2D eigenvalue weighted by Crippen LogP contribution is -2.40. The van der Waals surface area contributed by atoms with Gasteiger partial charge in [0.25, 0.3) is 0 Å². The van der Waals surface area contributed by atoms with Gasteiger partial charge in [-0.1, -0.05) is 0 Å². The highest BCUT2D eigenvalue weighted by molar-refractivity contribution is 14.0. The number of halogens is 2. The minimum atomic E-state index is -0.342. The Hall–Kier alpha value is -1.44. The van der Waals surface area contributed by atoms with Crippen molar-refractivity contribution in [3.05, 3.63) is 35.1 Å². The number of hydrogen-bond acceptors (Lipinski definition) is 4. The molecule has 0 aromatic heterocycles. The fraction of sp³-hybridized carbons (Fsp3) is 0.556. The minimum absolute atomic E-state index is 0. The van der Waals surface area contributed by atoms with Crippen molar-refractivity contribution in [1.82, 2.24) is 15.5 Å². The molecule has 1 aromatic carbocycles. The smallest absolute Gasteiger partial charge is 0.191 e. The zero-order valence-electron chi connectivity index (χ0n) is 15.1. The normalized spacial score (nSPS) is 15.0. The van der Waals surface area contributed by atoms with Crippen LogP contribution in [0.5, 0.6) is 0 Å². The number of morpholine rings is 1. The van der Waals surface area contributed by atoms with Crippen LogP contribution in [0, 0.1) is 17.1 Å². The Bertz CT molecular complexity index is 614.